The summed E-state index contributed by atoms with van der Waals surface area (Å²) in [5.74, 6) is 1.67. The Balaban J connectivity index is 1.82. The molecule has 0 aromatic heterocycles. The lowest BCUT2D eigenvalue weighted by Gasteiger charge is -2.31. The van der Waals surface area contributed by atoms with E-state index in [1.165, 1.54) is 5.56 Å². The highest BCUT2D eigenvalue weighted by atomic mass is 35.5. The molecule has 1 atom stereocenters. The monoisotopic (exact) mass is 394 g/mol. The van der Waals surface area contributed by atoms with E-state index < -0.39 is 5.60 Å². The molecule has 0 amide bonds. The molecule has 0 aliphatic rings. The highest BCUT2D eigenvalue weighted by Gasteiger charge is 2.28. The molecule has 0 saturated carbocycles. The van der Waals surface area contributed by atoms with Gasteiger partial charge in [0, 0.05) is 18.1 Å². The first kappa shape index (κ1) is 20.4. The van der Waals surface area contributed by atoms with E-state index in [-0.39, 0.29) is 0 Å². The minimum atomic E-state index is -0.427. The van der Waals surface area contributed by atoms with Gasteiger partial charge in [-0.1, -0.05) is 60.5 Å². The number of rotatable bonds is 8. The highest BCUT2D eigenvalue weighted by Crippen LogP contribution is 2.32. The van der Waals surface area contributed by atoms with Crippen LogP contribution in [0.25, 0.3) is 0 Å². The zero-order chi connectivity index (χ0) is 20.0. The lowest BCUT2D eigenvalue weighted by molar-refractivity contribution is -0.0359. The van der Waals surface area contributed by atoms with Crippen LogP contribution in [0.4, 0.5) is 0 Å². The van der Waals surface area contributed by atoms with Crippen molar-refractivity contribution in [1.82, 2.24) is 0 Å². The van der Waals surface area contributed by atoms with Gasteiger partial charge in [-0.05, 0) is 67.8 Å². The molecule has 0 N–H and O–H groups in total. The number of hydrogen-bond donors (Lipinski definition) is 0. The topological polar surface area (TPSA) is 18.5 Å². The van der Waals surface area contributed by atoms with Crippen molar-refractivity contribution in [3.63, 3.8) is 0 Å². The van der Waals surface area contributed by atoms with Crippen molar-refractivity contribution >= 4 is 11.6 Å². The molecular formula is C25H27ClO2. The van der Waals surface area contributed by atoms with Gasteiger partial charge in [0.2, 0.25) is 0 Å². The molecule has 0 heterocycles. The average Bonchev–Trinajstić information content (AvgIpc) is 2.69. The van der Waals surface area contributed by atoms with Crippen molar-refractivity contribution < 1.29 is 9.47 Å². The van der Waals surface area contributed by atoms with Crippen LogP contribution in [-0.4, -0.2) is 6.61 Å². The van der Waals surface area contributed by atoms with E-state index in [9.17, 15) is 0 Å². The fourth-order valence-electron chi connectivity index (χ4n) is 3.22. The van der Waals surface area contributed by atoms with E-state index in [1.807, 2.05) is 48.5 Å². The summed E-state index contributed by atoms with van der Waals surface area (Å²) in [4.78, 5) is 0. The summed E-state index contributed by atoms with van der Waals surface area (Å²) in [6.07, 6.45) is 1.72. The molecule has 0 radical (unpaired) electrons. The molecule has 0 saturated heterocycles. The van der Waals surface area contributed by atoms with E-state index >= 15 is 0 Å². The standard InChI is InChI=1S/C25H27ClO2/c1-4-16-27-25(3,21-10-12-22(26)13-11-21)18-20-6-5-7-24(17-20)28-23-14-8-19(2)9-15-23/h5-15,17H,4,16,18H2,1-3H3. The normalized spacial score (nSPS) is 13.1. The first-order valence-corrected chi connectivity index (χ1v) is 10.1. The molecular weight excluding hydrogens is 368 g/mol. The third-order valence-electron chi connectivity index (χ3n) is 4.78. The third-order valence-corrected chi connectivity index (χ3v) is 5.03. The van der Waals surface area contributed by atoms with Crippen molar-refractivity contribution in [1.29, 1.82) is 0 Å². The van der Waals surface area contributed by atoms with Gasteiger partial charge in [0.05, 0.1) is 5.60 Å². The lowest BCUT2D eigenvalue weighted by Crippen LogP contribution is -2.29. The van der Waals surface area contributed by atoms with E-state index in [4.69, 9.17) is 21.1 Å². The van der Waals surface area contributed by atoms with Crippen LogP contribution < -0.4 is 4.74 Å². The van der Waals surface area contributed by atoms with Gasteiger partial charge in [0.25, 0.3) is 0 Å². The molecule has 0 aliphatic heterocycles. The van der Waals surface area contributed by atoms with Gasteiger partial charge in [-0.25, -0.2) is 0 Å². The van der Waals surface area contributed by atoms with Crippen molar-refractivity contribution in [3.05, 3.63) is 94.5 Å². The largest absolute Gasteiger partial charge is 0.457 e. The predicted molar refractivity (Wildman–Crippen MR) is 116 cm³/mol. The lowest BCUT2D eigenvalue weighted by atomic mass is 9.88. The smallest absolute Gasteiger partial charge is 0.127 e. The number of aryl methyl sites for hydroxylation is 1. The zero-order valence-electron chi connectivity index (χ0n) is 16.7. The van der Waals surface area contributed by atoms with Crippen LogP contribution in [-0.2, 0) is 16.8 Å². The van der Waals surface area contributed by atoms with Gasteiger partial charge in [0.1, 0.15) is 11.5 Å². The molecule has 0 spiro atoms. The van der Waals surface area contributed by atoms with Crippen LogP contribution in [0.15, 0.2) is 72.8 Å². The fourth-order valence-corrected chi connectivity index (χ4v) is 3.34. The Kier molecular flexibility index (Phi) is 6.77. The Bertz CT molecular complexity index is 887. The molecule has 3 heteroatoms. The van der Waals surface area contributed by atoms with Gasteiger partial charge in [-0.15, -0.1) is 0 Å². The van der Waals surface area contributed by atoms with Crippen molar-refractivity contribution in [2.45, 2.75) is 39.2 Å². The number of halogens is 1. The van der Waals surface area contributed by atoms with Crippen LogP contribution in [0.5, 0.6) is 11.5 Å². The van der Waals surface area contributed by atoms with E-state index in [0.717, 1.165) is 40.5 Å². The molecule has 3 rings (SSSR count). The SMILES string of the molecule is CCCOC(C)(Cc1cccc(Oc2ccc(C)cc2)c1)c1ccc(Cl)cc1. The van der Waals surface area contributed by atoms with Crippen molar-refractivity contribution in [2.75, 3.05) is 6.61 Å². The number of hydrogen-bond acceptors (Lipinski definition) is 2. The first-order valence-electron chi connectivity index (χ1n) is 9.72. The Hall–Kier alpha value is -2.29. The van der Waals surface area contributed by atoms with Crippen LogP contribution in [0.2, 0.25) is 5.02 Å². The molecule has 3 aromatic rings. The summed E-state index contributed by atoms with van der Waals surface area (Å²) in [5.41, 5.74) is 3.07. The quantitative estimate of drug-likeness (QED) is 0.398. The summed E-state index contributed by atoms with van der Waals surface area (Å²) < 4.78 is 12.3. The van der Waals surface area contributed by atoms with Gasteiger partial charge in [-0.3, -0.25) is 0 Å². The van der Waals surface area contributed by atoms with Gasteiger partial charge < -0.3 is 9.47 Å². The Morgan fingerprint density at radius 1 is 0.893 bits per heavy atom. The van der Waals surface area contributed by atoms with Crippen molar-refractivity contribution in [2.24, 2.45) is 0 Å². The third kappa shape index (κ3) is 5.37. The molecule has 1 unspecified atom stereocenters. The molecule has 3 aromatic carbocycles. The second-order valence-electron chi connectivity index (χ2n) is 7.33. The van der Waals surface area contributed by atoms with Crippen LogP contribution in [0.1, 0.15) is 37.0 Å². The van der Waals surface area contributed by atoms with Crippen LogP contribution >= 0.6 is 11.6 Å². The predicted octanol–water partition coefficient (Wildman–Crippen LogP) is 7.33. The van der Waals surface area contributed by atoms with E-state index in [2.05, 4.69) is 45.0 Å². The zero-order valence-corrected chi connectivity index (χ0v) is 17.5. The number of ether oxygens (including phenoxy) is 2. The Morgan fingerprint density at radius 2 is 1.61 bits per heavy atom. The molecule has 0 bridgehead atoms. The highest BCUT2D eigenvalue weighted by molar-refractivity contribution is 6.30. The minimum Gasteiger partial charge on any atom is -0.457 e. The minimum absolute atomic E-state index is 0.427. The van der Waals surface area contributed by atoms with Gasteiger partial charge in [-0.2, -0.15) is 0 Å². The molecule has 0 fully saturated rings. The molecule has 146 valence electrons. The first-order chi connectivity index (χ1) is 13.5. The summed E-state index contributed by atoms with van der Waals surface area (Å²) in [5, 5.41) is 0.732. The van der Waals surface area contributed by atoms with Crippen LogP contribution in [0, 0.1) is 6.92 Å². The molecule has 28 heavy (non-hydrogen) atoms. The van der Waals surface area contributed by atoms with E-state index in [0.29, 0.717) is 6.61 Å². The second-order valence-corrected chi connectivity index (χ2v) is 7.76. The number of benzene rings is 3. The van der Waals surface area contributed by atoms with Gasteiger partial charge in [0.15, 0.2) is 0 Å². The van der Waals surface area contributed by atoms with Crippen molar-refractivity contribution in [3.8, 4) is 11.5 Å². The summed E-state index contributed by atoms with van der Waals surface area (Å²) in [6.45, 7) is 7.04. The Morgan fingerprint density at radius 3 is 2.29 bits per heavy atom. The van der Waals surface area contributed by atoms with Gasteiger partial charge >= 0.3 is 0 Å². The fraction of sp³-hybridized carbons (Fsp3) is 0.280. The molecule has 2 nitrogen and oxygen atoms in total. The van der Waals surface area contributed by atoms with Crippen LogP contribution in [0.3, 0.4) is 0 Å². The maximum atomic E-state index is 6.30. The second kappa shape index (κ2) is 9.27. The maximum absolute atomic E-state index is 6.30. The Labute approximate surface area is 173 Å². The summed E-state index contributed by atoms with van der Waals surface area (Å²) in [7, 11) is 0. The summed E-state index contributed by atoms with van der Waals surface area (Å²) >= 11 is 6.08. The van der Waals surface area contributed by atoms with E-state index in [1.54, 1.807) is 0 Å². The average molecular weight is 395 g/mol. The maximum Gasteiger partial charge on any atom is 0.127 e. The summed E-state index contributed by atoms with van der Waals surface area (Å²) in [6, 6.07) is 24.2. The molecule has 0 aliphatic carbocycles.